The zero-order chi connectivity index (χ0) is 19.8. The molecule has 0 bridgehead atoms. The lowest BCUT2D eigenvalue weighted by Gasteiger charge is -2.35. The Bertz CT molecular complexity index is 888. The van der Waals surface area contributed by atoms with Crippen LogP contribution in [0.1, 0.15) is 63.9 Å². The lowest BCUT2D eigenvalue weighted by Crippen LogP contribution is -2.45. The maximum Gasteiger partial charge on any atom is 0.254 e. The van der Waals surface area contributed by atoms with Crippen LogP contribution in [0.4, 0.5) is 0 Å². The summed E-state index contributed by atoms with van der Waals surface area (Å²) >= 11 is 0. The fourth-order valence-electron chi connectivity index (χ4n) is 4.70. The van der Waals surface area contributed by atoms with Gasteiger partial charge in [0.25, 0.3) is 5.91 Å². The molecule has 2 atom stereocenters. The van der Waals surface area contributed by atoms with Crippen molar-refractivity contribution in [3.05, 3.63) is 63.7 Å². The smallest absolute Gasteiger partial charge is 0.254 e. The molecule has 0 unspecified atom stereocenters. The van der Waals surface area contributed by atoms with Gasteiger partial charge in [-0.05, 0) is 79.1 Å². The normalized spacial score (nSPS) is 21.7. The number of aliphatic hydroxyl groups is 1. The van der Waals surface area contributed by atoms with Crippen LogP contribution < -0.4 is 4.74 Å². The Balaban J connectivity index is 1.63. The van der Waals surface area contributed by atoms with E-state index in [0.29, 0.717) is 6.54 Å². The Kier molecular flexibility index (Phi) is 5.15. The molecule has 1 aliphatic heterocycles. The molecule has 28 heavy (non-hydrogen) atoms. The van der Waals surface area contributed by atoms with Crippen LogP contribution in [0.15, 0.2) is 30.3 Å². The number of nitrogens with zero attached hydrogens (tertiary/aromatic N) is 1. The quantitative estimate of drug-likeness (QED) is 0.868. The minimum atomic E-state index is -0.396. The molecule has 2 aromatic carbocycles. The third-order valence-electron chi connectivity index (χ3n) is 6.61. The summed E-state index contributed by atoms with van der Waals surface area (Å²) in [4.78, 5) is 15.1. The van der Waals surface area contributed by atoms with Gasteiger partial charge in [-0.25, -0.2) is 0 Å². The molecule has 1 saturated carbocycles. The summed E-state index contributed by atoms with van der Waals surface area (Å²) in [6, 6.07) is 10.1. The molecule has 1 N–H and O–H groups in total. The van der Waals surface area contributed by atoms with Crippen LogP contribution in [-0.4, -0.2) is 35.2 Å². The highest BCUT2D eigenvalue weighted by molar-refractivity contribution is 5.99. The molecular formula is C24H29NO3. The number of hydrogen-bond acceptors (Lipinski definition) is 3. The first-order chi connectivity index (χ1) is 13.5. The predicted molar refractivity (Wildman–Crippen MR) is 110 cm³/mol. The molecule has 0 aromatic heterocycles. The van der Waals surface area contributed by atoms with E-state index in [1.165, 1.54) is 22.3 Å². The Morgan fingerprint density at radius 1 is 1.11 bits per heavy atom. The van der Waals surface area contributed by atoms with Crippen LogP contribution in [0.5, 0.6) is 5.75 Å². The molecule has 2 aromatic rings. The zero-order valence-electron chi connectivity index (χ0n) is 17.0. The number of fused-ring (bicyclic) bond motifs is 1. The highest BCUT2D eigenvalue weighted by Crippen LogP contribution is 2.35. The van der Waals surface area contributed by atoms with Crippen molar-refractivity contribution in [2.75, 3.05) is 7.11 Å². The van der Waals surface area contributed by atoms with Gasteiger partial charge in [-0.15, -0.1) is 0 Å². The SMILES string of the molecule is COc1ccc(Cc2cc3c(c(C)c2C)CN([C@H]2CCCC[C@@H]2O)C3=O)cc1. The minimum Gasteiger partial charge on any atom is -0.497 e. The zero-order valence-corrected chi connectivity index (χ0v) is 17.0. The van der Waals surface area contributed by atoms with Crippen LogP contribution in [0.2, 0.25) is 0 Å². The molecule has 0 radical (unpaired) electrons. The highest BCUT2D eigenvalue weighted by atomic mass is 16.5. The van der Waals surface area contributed by atoms with Gasteiger partial charge in [-0.3, -0.25) is 4.79 Å². The largest absolute Gasteiger partial charge is 0.497 e. The van der Waals surface area contributed by atoms with Gasteiger partial charge in [0.15, 0.2) is 0 Å². The number of aliphatic hydroxyl groups excluding tert-OH is 1. The van der Waals surface area contributed by atoms with Gasteiger partial charge in [0, 0.05) is 12.1 Å². The number of benzene rings is 2. The van der Waals surface area contributed by atoms with E-state index in [0.717, 1.165) is 49.0 Å². The lowest BCUT2D eigenvalue weighted by molar-refractivity contribution is 0.0191. The lowest BCUT2D eigenvalue weighted by atomic mass is 9.91. The first kappa shape index (κ1) is 19.0. The molecule has 4 heteroatoms. The maximum absolute atomic E-state index is 13.2. The van der Waals surface area contributed by atoms with Crippen molar-refractivity contribution in [1.82, 2.24) is 4.90 Å². The summed E-state index contributed by atoms with van der Waals surface area (Å²) in [6.45, 7) is 4.90. The fraction of sp³-hybridized carbons (Fsp3) is 0.458. The molecule has 2 aliphatic rings. The van der Waals surface area contributed by atoms with E-state index < -0.39 is 6.10 Å². The standard InChI is InChI=1S/C24H29NO3/c1-15-16(2)21-14-25(22-6-4-5-7-23(22)26)24(27)20(21)13-18(15)12-17-8-10-19(28-3)11-9-17/h8-11,13,22-23,26H,4-7,12,14H2,1-3H3/t22-,23-/m0/s1. The average Bonchev–Trinajstić information content (AvgIpc) is 3.03. The van der Waals surface area contributed by atoms with Gasteiger partial charge in [0.1, 0.15) is 5.75 Å². The van der Waals surface area contributed by atoms with Crippen LogP contribution in [0.3, 0.4) is 0 Å². The van der Waals surface area contributed by atoms with Crippen molar-refractivity contribution in [2.45, 2.75) is 64.6 Å². The number of rotatable bonds is 4. The van der Waals surface area contributed by atoms with Crippen molar-refractivity contribution >= 4 is 5.91 Å². The number of hydrogen-bond donors (Lipinski definition) is 1. The second kappa shape index (κ2) is 7.59. The van der Waals surface area contributed by atoms with Crippen LogP contribution in [-0.2, 0) is 13.0 Å². The van der Waals surface area contributed by atoms with Gasteiger partial charge in [0.2, 0.25) is 0 Å². The third-order valence-corrected chi connectivity index (χ3v) is 6.61. The number of amides is 1. The summed E-state index contributed by atoms with van der Waals surface area (Å²) in [5.41, 5.74) is 6.83. The summed E-state index contributed by atoms with van der Waals surface area (Å²) in [5.74, 6) is 0.933. The van der Waals surface area contributed by atoms with Crippen LogP contribution in [0, 0.1) is 13.8 Å². The van der Waals surface area contributed by atoms with Gasteiger partial charge < -0.3 is 14.7 Å². The van der Waals surface area contributed by atoms with Gasteiger partial charge in [-0.2, -0.15) is 0 Å². The van der Waals surface area contributed by atoms with Crippen molar-refractivity contribution < 1.29 is 14.6 Å². The summed E-state index contributed by atoms with van der Waals surface area (Å²) in [5, 5.41) is 10.4. The second-order valence-corrected chi connectivity index (χ2v) is 8.19. The molecule has 0 saturated heterocycles. The van der Waals surface area contributed by atoms with E-state index >= 15 is 0 Å². The Morgan fingerprint density at radius 2 is 1.82 bits per heavy atom. The summed E-state index contributed by atoms with van der Waals surface area (Å²) in [7, 11) is 1.67. The average molecular weight is 380 g/mol. The first-order valence-corrected chi connectivity index (χ1v) is 10.2. The van der Waals surface area contributed by atoms with Crippen molar-refractivity contribution in [2.24, 2.45) is 0 Å². The Labute approximate surface area is 167 Å². The van der Waals surface area contributed by atoms with E-state index in [1.54, 1.807) is 7.11 Å². The number of carbonyl (C=O) groups excluding carboxylic acids is 1. The third kappa shape index (κ3) is 3.30. The molecule has 4 rings (SSSR count). The highest BCUT2D eigenvalue weighted by Gasteiger charge is 2.38. The van der Waals surface area contributed by atoms with E-state index in [1.807, 2.05) is 17.0 Å². The predicted octanol–water partition coefficient (Wildman–Crippen LogP) is 4.16. The molecule has 1 aliphatic carbocycles. The van der Waals surface area contributed by atoms with Gasteiger partial charge in [0.05, 0.1) is 19.3 Å². The number of carbonyl (C=O) groups is 1. The number of ether oxygens (including phenoxy) is 1. The molecule has 1 heterocycles. The molecule has 1 amide bonds. The monoisotopic (exact) mass is 379 g/mol. The van der Waals surface area contributed by atoms with Crippen molar-refractivity contribution in [3.8, 4) is 5.75 Å². The summed E-state index contributed by atoms with van der Waals surface area (Å²) in [6.07, 6.45) is 4.23. The first-order valence-electron chi connectivity index (χ1n) is 10.2. The molecular weight excluding hydrogens is 350 g/mol. The van der Waals surface area contributed by atoms with Gasteiger partial charge in [-0.1, -0.05) is 25.0 Å². The molecule has 0 spiro atoms. The Morgan fingerprint density at radius 3 is 2.50 bits per heavy atom. The fourth-order valence-corrected chi connectivity index (χ4v) is 4.70. The minimum absolute atomic E-state index is 0.0432. The number of methoxy groups -OCH3 is 1. The molecule has 4 nitrogen and oxygen atoms in total. The van der Waals surface area contributed by atoms with Crippen LogP contribution >= 0.6 is 0 Å². The molecule has 148 valence electrons. The van der Waals surface area contributed by atoms with Gasteiger partial charge >= 0.3 is 0 Å². The van der Waals surface area contributed by atoms with E-state index in [4.69, 9.17) is 4.74 Å². The second-order valence-electron chi connectivity index (χ2n) is 8.19. The Hall–Kier alpha value is -2.33. The van der Waals surface area contributed by atoms with Crippen LogP contribution in [0.25, 0.3) is 0 Å². The van der Waals surface area contributed by atoms with E-state index in [9.17, 15) is 9.90 Å². The van der Waals surface area contributed by atoms with Crippen molar-refractivity contribution in [3.63, 3.8) is 0 Å². The van der Waals surface area contributed by atoms with E-state index in [2.05, 4.69) is 32.0 Å². The van der Waals surface area contributed by atoms with Crippen molar-refractivity contribution in [1.29, 1.82) is 0 Å². The maximum atomic E-state index is 13.2. The summed E-state index contributed by atoms with van der Waals surface area (Å²) < 4.78 is 5.24. The topological polar surface area (TPSA) is 49.8 Å². The van der Waals surface area contributed by atoms with E-state index in [-0.39, 0.29) is 11.9 Å². The molecule has 1 fully saturated rings.